The van der Waals surface area contributed by atoms with Crippen molar-refractivity contribution in [2.24, 2.45) is 11.8 Å². The first-order valence-electron chi connectivity index (χ1n) is 6.39. The zero-order chi connectivity index (χ0) is 13.3. The van der Waals surface area contributed by atoms with Gasteiger partial charge in [-0.25, -0.2) is 0 Å². The van der Waals surface area contributed by atoms with Crippen LogP contribution in [0.1, 0.15) is 38.7 Å². The predicted octanol–water partition coefficient (Wildman–Crippen LogP) is 1.31. The molecule has 0 bridgehead atoms. The molecule has 1 saturated heterocycles. The standard InChI is InChI=1S/C13H19N3O2/c1-4-16-7-9(6-14-16)10-5-11(17)15-13(18)12(10)8(2)3/h6-8,10,12H,4-5H2,1-3H3,(H,15,17,18). The number of aromatic nitrogens is 2. The van der Waals surface area contributed by atoms with E-state index in [2.05, 4.69) is 10.4 Å². The van der Waals surface area contributed by atoms with Crippen LogP contribution in [-0.2, 0) is 16.1 Å². The normalized spacial score (nSPS) is 24.4. The number of aryl methyl sites for hydroxylation is 1. The lowest BCUT2D eigenvalue weighted by Gasteiger charge is -2.32. The fourth-order valence-electron chi connectivity index (χ4n) is 2.62. The molecule has 1 N–H and O–H groups in total. The molecule has 2 amide bonds. The Hall–Kier alpha value is -1.65. The van der Waals surface area contributed by atoms with Crippen molar-refractivity contribution in [2.45, 2.75) is 39.7 Å². The highest BCUT2D eigenvalue weighted by Gasteiger charge is 2.39. The number of nitrogens with zero attached hydrogens (tertiary/aromatic N) is 2. The summed E-state index contributed by atoms with van der Waals surface area (Å²) in [6.45, 7) is 6.82. The highest BCUT2D eigenvalue weighted by molar-refractivity contribution is 5.99. The van der Waals surface area contributed by atoms with Crippen molar-refractivity contribution in [2.75, 3.05) is 0 Å². The summed E-state index contributed by atoms with van der Waals surface area (Å²) in [4.78, 5) is 23.5. The number of hydrogen-bond acceptors (Lipinski definition) is 3. The molecule has 18 heavy (non-hydrogen) atoms. The van der Waals surface area contributed by atoms with Crippen LogP contribution in [0.25, 0.3) is 0 Å². The van der Waals surface area contributed by atoms with Gasteiger partial charge in [0.15, 0.2) is 0 Å². The van der Waals surface area contributed by atoms with Crippen molar-refractivity contribution in [3.63, 3.8) is 0 Å². The molecule has 2 heterocycles. The molecule has 1 fully saturated rings. The molecular formula is C13H19N3O2. The van der Waals surface area contributed by atoms with Crippen LogP contribution in [0.2, 0.25) is 0 Å². The number of imide groups is 1. The van der Waals surface area contributed by atoms with E-state index < -0.39 is 0 Å². The van der Waals surface area contributed by atoms with E-state index >= 15 is 0 Å². The zero-order valence-corrected chi connectivity index (χ0v) is 11.0. The van der Waals surface area contributed by atoms with Crippen LogP contribution in [0.5, 0.6) is 0 Å². The van der Waals surface area contributed by atoms with Gasteiger partial charge < -0.3 is 0 Å². The number of rotatable bonds is 3. The summed E-state index contributed by atoms with van der Waals surface area (Å²) in [5.74, 6) is -0.349. The van der Waals surface area contributed by atoms with Crippen molar-refractivity contribution in [3.05, 3.63) is 18.0 Å². The lowest BCUT2D eigenvalue weighted by atomic mass is 9.75. The predicted molar refractivity (Wildman–Crippen MR) is 66.7 cm³/mol. The van der Waals surface area contributed by atoms with Crippen molar-refractivity contribution in [1.29, 1.82) is 0 Å². The van der Waals surface area contributed by atoms with Gasteiger partial charge in [0.25, 0.3) is 0 Å². The van der Waals surface area contributed by atoms with Crippen molar-refractivity contribution in [1.82, 2.24) is 15.1 Å². The summed E-state index contributed by atoms with van der Waals surface area (Å²) in [7, 11) is 0. The number of amides is 2. The highest BCUT2D eigenvalue weighted by atomic mass is 16.2. The van der Waals surface area contributed by atoms with Crippen LogP contribution in [-0.4, -0.2) is 21.6 Å². The zero-order valence-electron chi connectivity index (χ0n) is 11.0. The van der Waals surface area contributed by atoms with E-state index in [-0.39, 0.29) is 29.6 Å². The van der Waals surface area contributed by atoms with Gasteiger partial charge in [-0.2, -0.15) is 5.10 Å². The number of carbonyl (C=O) groups excluding carboxylic acids is 2. The largest absolute Gasteiger partial charge is 0.296 e. The molecule has 98 valence electrons. The SMILES string of the molecule is CCn1cc(C2CC(=O)NC(=O)C2C(C)C)cn1. The molecule has 2 rings (SSSR count). The lowest BCUT2D eigenvalue weighted by Crippen LogP contribution is -2.46. The highest BCUT2D eigenvalue weighted by Crippen LogP contribution is 2.35. The summed E-state index contributed by atoms with van der Waals surface area (Å²) in [6.07, 6.45) is 4.07. The quantitative estimate of drug-likeness (QED) is 0.821. The molecule has 1 aliphatic heterocycles. The second kappa shape index (κ2) is 4.92. The minimum atomic E-state index is -0.189. The minimum absolute atomic E-state index is 0.0495. The van der Waals surface area contributed by atoms with Gasteiger partial charge in [0.2, 0.25) is 11.8 Å². The van der Waals surface area contributed by atoms with Gasteiger partial charge in [0, 0.05) is 31.0 Å². The molecule has 1 aromatic rings. The first-order chi connectivity index (χ1) is 8.52. The molecule has 0 aromatic carbocycles. The van der Waals surface area contributed by atoms with E-state index in [9.17, 15) is 9.59 Å². The number of hydrogen-bond donors (Lipinski definition) is 1. The van der Waals surface area contributed by atoms with Crippen LogP contribution in [0.3, 0.4) is 0 Å². The molecular weight excluding hydrogens is 230 g/mol. The van der Waals surface area contributed by atoms with Gasteiger partial charge in [0.1, 0.15) is 0 Å². The summed E-state index contributed by atoms with van der Waals surface area (Å²) >= 11 is 0. The van der Waals surface area contributed by atoms with Crippen molar-refractivity contribution in [3.8, 4) is 0 Å². The smallest absolute Gasteiger partial charge is 0.230 e. The Bertz CT molecular complexity index is 465. The van der Waals surface area contributed by atoms with Crippen molar-refractivity contribution < 1.29 is 9.59 Å². The molecule has 2 unspecified atom stereocenters. The van der Waals surface area contributed by atoms with Gasteiger partial charge >= 0.3 is 0 Å². The second-order valence-electron chi connectivity index (χ2n) is 5.12. The maximum Gasteiger partial charge on any atom is 0.230 e. The monoisotopic (exact) mass is 249 g/mol. The first kappa shape index (κ1) is 12.8. The van der Waals surface area contributed by atoms with E-state index in [1.165, 1.54) is 0 Å². The van der Waals surface area contributed by atoms with E-state index in [1.54, 1.807) is 6.20 Å². The molecule has 0 saturated carbocycles. The Morgan fingerprint density at radius 2 is 2.22 bits per heavy atom. The maximum atomic E-state index is 11.9. The third-order valence-corrected chi connectivity index (χ3v) is 3.53. The third kappa shape index (κ3) is 2.30. The van der Waals surface area contributed by atoms with Gasteiger partial charge in [0.05, 0.1) is 6.20 Å². The average Bonchev–Trinajstić information content (AvgIpc) is 2.75. The molecule has 0 aliphatic carbocycles. The van der Waals surface area contributed by atoms with Crippen LogP contribution < -0.4 is 5.32 Å². The van der Waals surface area contributed by atoms with E-state index in [0.717, 1.165) is 12.1 Å². The van der Waals surface area contributed by atoms with Gasteiger partial charge in [-0.15, -0.1) is 0 Å². The number of nitrogens with one attached hydrogen (secondary N) is 1. The first-order valence-corrected chi connectivity index (χ1v) is 6.39. The topological polar surface area (TPSA) is 64.0 Å². The number of piperidine rings is 1. The molecule has 1 aliphatic rings. The maximum absolute atomic E-state index is 11.9. The molecule has 0 spiro atoms. The van der Waals surface area contributed by atoms with Crippen LogP contribution in [0.15, 0.2) is 12.4 Å². The summed E-state index contributed by atoms with van der Waals surface area (Å²) in [6, 6.07) is 0. The summed E-state index contributed by atoms with van der Waals surface area (Å²) in [5, 5.41) is 6.65. The van der Waals surface area contributed by atoms with E-state index in [0.29, 0.717) is 6.42 Å². The van der Waals surface area contributed by atoms with Crippen LogP contribution in [0, 0.1) is 11.8 Å². The Labute approximate surface area is 107 Å². The lowest BCUT2D eigenvalue weighted by molar-refractivity contribution is -0.138. The fraction of sp³-hybridized carbons (Fsp3) is 0.615. The minimum Gasteiger partial charge on any atom is -0.296 e. The molecule has 5 heteroatoms. The molecule has 2 atom stereocenters. The molecule has 0 radical (unpaired) electrons. The molecule has 1 aromatic heterocycles. The van der Waals surface area contributed by atoms with Crippen LogP contribution >= 0.6 is 0 Å². The van der Waals surface area contributed by atoms with E-state index in [1.807, 2.05) is 31.6 Å². The van der Waals surface area contributed by atoms with Crippen molar-refractivity contribution >= 4 is 11.8 Å². The Morgan fingerprint density at radius 1 is 1.50 bits per heavy atom. The number of carbonyl (C=O) groups is 2. The Balaban J connectivity index is 2.31. The summed E-state index contributed by atoms with van der Waals surface area (Å²) in [5.41, 5.74) is 0.985. The summed E-state index contributed by atoms with van der Waals surface area (Å²) < 4.78 is 1.82. The van der Waals surface area contributed by atoms with E-state index in [4.69, 9.17) is 0 Å². The Morgan fingerprint density at radius 3 is 2.78 bits per heavy atom. The average molecular weight is 249 g/mol. The second-order valence-corrected chi connectivity index (χ2v) is 5.12. The fourth-order valence-corrected chi connectivity index (χ4v) is 2.62. The third-order valence-electron chi connectivity index (χ3n) is 3.53. The van der Waals surface area contributed by atoms with Crippen LogP contribution in [0.4, 0.5) is 0 Å². The molecule has 5 nitrogen and oxygen atoms in total. The van der Waals surface area contributed by atoms with Gasteiger partial charge in [-0.1, -0.05) is 13.8 Å². The Kier molecular flexibility index (Phi) is 3.50. The van der Waals surface area contributed by atoms with Gasteiger partial charge in [-0.3, -0.25) is 19.6 Å². The van der Waals surface area contributed by atoms with Gasteiger partial charge in [-0.05, 0) is 18.4 Å².